The van der Waals surface area contributed by atoms with Crippen molar-refractivity contribution in [2.45, 2.75) is 52.1 Å². The summed E-state index contributed by atoms with van der Waals surface area (Å²) in [6.45, 7) is 4.85. The van der Waals surface area contributed by atoms with Gasteiger partial charge in [0.1, 0.15) is 18.1 Å². The predicted octanol–water partition coefficient (Wildman–Crippen LogP) is 2.62. The minimum atomic E-state index is -0.397. The van der Waals surface area contributed by atoms with Gasteiger partial charge in [-0.3, -0.25) is 4.79 Å². The third kappa shape index (κ3) is 4.26. The maximum absolute atomic E-state index is 12.7. The topological polar surface area (TPSA) is 93.8 Å². The van der Waals surface area contributed by atoms with E-state index in [1.807, 2.05) is 25.1 Å². The smallest absolute Gasteiger partial charge is 0.352 e. The average molecular weight is 425 g/mol. The molecule has 1 aliphatic heterocycles. The third-order valence-corrected chi connectivity index (χ3v) is 5.75. The van der Waals surface area contributed by atoms with Crippen LogP contribution in [0.3, 0.4) is 0 Å². The van der Waals surface area contributed by atoms with Crippen LogP contribution < -0.4 is 20.6 Å². The first kappa shape index (κ1) is 20.9. The van der Waals surface area contributed by atoms with E-state index in [-0.39, 0.29) is 12.5 Å². The van der Waals surface area contributed by atoms with Crippen LogP contribution in [-0.4, -0.2) is 44.8 Å². The lowest BCUT2D eigenvalue weighted by atomic mass is 10.0. The Labute approximate surface area is 180 Å². The summed E-state index contributed by atoms with van der Waals surface area (Å²) in [6.07, 6.45) is 6.25. The fourth-order valence-electron chi connectivity index (χ4n) is 4.13. The largest absolute Gasteiger partial charge is 0.495 e. The Bertz CT molecular complexity index is 1150. The van der Waals surface area contributed by atoms with Gasteiger partial charge in [0.05, 0.1) is 12.8 Å². The molecule has 0 bridgehead atoms. The molecular weight excluding hydrogens is 396 g/mol. The van der Waals surface area contributed by atoms with Crippen molar-refractivity contribution in [3.63, 3.8) is 0 Å². The van der Waals surface area contributed by atoms with Crippen LogP contribution in [-0.2, 0) is 11.3 Å². The van der Waals surface area contributed by atoms with E-state index >= 15 is 0 Å². The van der Waals surface area contributed by atoms with Crippen LogP contribution in [0.25, 0.3) is 5.78 Å². The summed E-state index contributed by atoms with van der Waals surface area (Å²) in [4.78, 5) is 32.2. The Kier molecular flexibility index (Phi) is 5.92. The number of carbonyl (C=O) groups is 1. The van der Waals surface area contributed by atoms with Crippen molar-refractivity contribution in [1.29, 1.82) is 0 Å². The second-order valence-corrected chi connectivity index (χ2v) is 7.90. The number of anilines is 2. The highest BCUT2D eigenvalue weighted by atomic mass is 16.5. The van der Waals surface area contributed by atoms with Crippen molar-refractivity contribution in [1.82, 2.24) is 19.2 Å². The number of hydrogen-bond acceptors (Lipinski definition) is 6. The highest BCUT2D eigenvalue weighted by molar-refractivity contribution is 5.92. The van der Waals surface area contributed by atoms with Gasteiger partial charge in [-0.1, -0.05) is 13.0 Å². The number of ether oxygens (including phenoxy) is 1. The molecule has 1 aliphatic rings. The quantitative estimate of drug-likeness (QED) is 0.654. The first-order valence-electron chi connectivity index (χ1n) is 10.7. The fourth-order valence-corrected chi connectivity index (χ4v) is 4.13. The van der Waals surface area contributed by atoms with Gasteiger partial charge in [0.2, 0.25) is 5.91 Å². The van der Waals surface area contributed by atoms with E-state index < -0.39 is 5.69 Å². The summed E-state index contributed by atoms with van der Waals surface area (Å²) in [5.41, 5.74) is 1.15. The molecule has 1 atom stereocenters. The summed E-state index contributed by atoms with van der Waals surface area (Å²) in [7, 11) is 1.54. The summed E-state index contributed by atoms with van der Waals surface area (Å²) in [6, 6.07) is 7.81. The zero-order chi connectivity index (χ0) is 22.0. The SMILES string of the molecule is CCC1CCCCN1c1ccn2c(=O)n(CC(=O)Nc3cc(C)ccc3OC)nc2n1. The van der Waals surface area contributed by atoms with Gasteiger partial charge in [0.15, 0.2) is 0 Å². The van der Waals surface area contributed by atoms with Crippen LogP contribution in [0.5, 0.6) is 5.75 Å². The molecule has 1 fully saturated rings. The van der Waals surface area contributed by atoms with Crippen molar-refractivity contribution >= 4 is 23.2 Å². The molecule has 2 aromatic heterocycles. The molecule has 164 valence electrons. The van der Waals surface area contributed by atoms with Crippen LogP contribution in [0, 0.1) is 6.92 Å². The van der Waals surface area contributed by atoms with E-state index in [0.717, 1.165) is 41.9 Å². The fraction of sp³-hybridized carbons (Fsp3) is 0.455. The number of nitrogens with one attached hydrogen (secondary N) is 1. The van der Waals surface area contributed by atoms with Gasteiger partial charge in [-0.2, -0.15) is 4.98 Å². The first-order chi connectivity index (χ1) is 15.0. The van der Waals surface area contributed by atoms with Crippen LogP contribution >= 0.6 is 0 Å². The van der Waals surface area contributed by atoms with Gasteiger partial charge in [0, 0.05) is 18.8 Å². The summed E-state index contributed by atoms with van der Waals surface area (Å²) in [5.74, 6) is 1.31. The molecule has 1 amide bonds. The first-order valence-corrected chi connectivity index (χ1v) is 10.7. The summed E-state index contributed by atoms with van der Waals surface area (Å²) in [5, 5.41) is 7.09. The van der Waals surface area contributed by atoms with E-state index in [1.165, 1.54) is 10.8 Å². The Morgan fingerprint density at radius 2 is 2.13 bits per heavy atom. The minimum Gasteiger partial charge on any atom is -0.495 e. The number of fused-ring (bicyclic) bond motifs is 1. The van der Waals surface area contributed by atoms with Crippen LogP contribution in [0.2, 0.25) is 0 Å². The van der Waals surface area contributed by atoms with Crippen LogP contribution in [0.4, 0.5) is 11.5 Å². The molecule has 1 aromatic carbocycles. The minimum absolute atomic E-state index is 0.212. The number of hydrogen-bond donors (Lipinski definition) is 1. The van der Waals surface area contributed by atoms with Crippen molar-refractivity contribution in [3.05, 3.63) is 46.5 Å². The molecular formula is C22H28N6O3. The van der Waals surface area contributed by atoms with Gasteiger partial charge in [-0.05, 0) is 56.4 Å². The normalized spacial score (nSPS) is 16.5. The number of nitrogens with zero attached hydrogens (tertiary/aromatic N) is 5. The van der Waals surface area contributed by atoms with Gasteiger partial charge in [-0.25, -0.2) is 13.9 Å². The average Bonchev–Trinajstić information content (AvgIpc) is 3.08. The van der Waals surface area contributed by atoms with Crippen molar-refractivity contribution < 1.29 is 9.53 Å². The monoisotopic (exact) mass is 424 g/mol. The molecule has 1 unspecified atom stereocenters. The maximum Gasteiger partial charge on any atom is 0.352 e. The highest BCUT2D eigenvalue weighted by Gasteiger charge is 2.23. The summed E-state index contributed by atoms with van der Waals surface area (Å²) >= 11 is 0. The Morgan fingerprint density at radius 3 is 2.90 bits per heavy atom. The lowest BCUT2D eigenvalue weighted by molar-refractivity contribution is -0.117. The molecule has 0 radical (unpaired) electrons. The lowest BCUT2D eigenvalue weighted by Gasteiger charge is -2.36. The predicted molar refractivity (Wildman–Crippen MR) is 119 cm³/mol. The van der Waals surface area contributed by atoms with Gasteiger partial charge >= 0.3 is 5.69 Å². The van der Waals surface area contributed by atoms with E-state index in [4.69, 9.17) is 4.74 Å². The molecule has 31 heavy (non-hydrogen) atoms. The van der Waals surface area contributed by atoms with E-state index in [1.54, 1.807) is 19.4 Å². The zero-order valence-electron chi connectivity index (χ0n) is 18.2. The standard InChI is InChI=1S/C22H28N6O3/c1-4-16-7-5-6-11-26(16)19-10-12-27-21(24-19)25-28(22(27)30)14-20(29)23-17-13-15(2)8-9-18(17)31-3/h8-10,12-13,16H,4-7,11,14H2,1-3H3,(H,23,29). The highest BCUT2D eigenvalue weighted by Crippen LogP contribution is 2.26. The van der Waals surface area contributed by atoms with Gasteiger partial charge in [-0.15, -0.1) is 5.10 Å². The number of benzene rings is 1. The molecule has 0 saturated carbocycles. The van der Waals surface area contributed by atoms with Crippen LogP contribution in [0.1, 0.15) is 38.2 Å². The number of rotatable bonds is 6. The molecule has 3 aromatic rings. The summed E-state index contributed by atoms with van der Waals surface area (Å²) < 4.78 is 7.80. The van der Waals surface area contributed by atoms with Gasteiger partial charge < -0.3 is 15.0 Å². The Balaban J connectivity index is 1.56. The van der Waals surface area contributed by atoms with Crippen molar-refractivity contribution in [2.75, 3.05) is 23.9 Å². The third-order valence-electron chi connectivity index (χ3n) is 5.75. The number of piperidine rings is 1. The number of amides is 1. The van der Waals surface area contributed by atoms with Crippen molar-refractivity contribution in [2.24, 2.45) is 0 Å². The van der Waals surface area contributed by atoms with Crippen LogP contribution in [0.15, 0.2) is 35.3 Å². The number of aryl methyl sites for hydroxylation is 1. The molecule has 1 saturated heterocycles. The van der Waals surface area contributed by atoms with E-state index in [2.05, 4.69) is 27.2 Å². The lowest BCUT2D eigenvalue weighted by Crippen LogP contribution is -2.39. The molecule has 4 rings (SSSR count). The van der Waals surface area contributed by atoms with Gasteiger partial charge in [0.25, 0.3) is 5.78 Å². The molecule has 9 nitrogen and oxygen atoms in total. The molecule has 9 heteroatoms. The Hall–Kier alpha value is -3.36. The second-order valence-electron chi connectivity index (χ2n) is 7.90. The second kappa shape index (κ2) is 8.79. The van der Waals surface area contributed by atoms with Crippen molar-refractivity contribution in [3.8, 4) is 5.75 Å². The number of aromatic nitrogens is 4. The zero-order valence-corrected chi connectivity index (χ0v) is 18.2. The maximum atomic E-state index is 12.7. The molecule has 0 spiro atoms. The molecule has 1 N–H and O–H groups in total. The number of carbonyl (C=O) groups excluding carboxylic acids is 1. The van der Waals surface area contributed by atoms with E-state index in [9.17, 15) is 9.59 Å². The number of methoxy groups -OCH3 is 1. The van der Waals surface area contributed by atoms with E-state index in [0.29, 0.717) is 23.3 Å². The molecule has 0 aliphatic carbocycles. The molecule has 3 heterocycles. The Morgan fingerprint density at radius 1 is 1.29 bits per heavy atom.